The van der Waals surface area contributed by atoms with Crippen LogP contribution in [0.2, 0.25) is 0 Å². The Morgan fingerprint density at radius 3 is 2.90 bits per heavy atom. The molecule has 108 valence electrons. The first kappa shape index (κ1) is 13.9. The van der Waals surface area contributed by atoms with Crippen LogP contribution in [-0.4, -0.2) is 5.97 Å². The largest absolute Gasteiger partial charge is 0.457 e. The van der Waals surface area contributed by atoms with Crippen LogP contribution in [0.25, 0.3) is 11.0 Å². The molecule has 0 unspecified atom stereocenters. The third kappa shape index (κ3) is 3.73. The van der Waals surface area contributed by atoms with Crippen LogP contribution < -0.4 is 0 Å². The van der Waals surface area contributed by atoms with E-state index in [1.807, 2.05) is 36.4 Å². The summed E-state index contributed by atoms with van der Waals surface area (Å²) in [6.45, 7) is 0.201. The molecule has 3 nitrogen and oxygen atoms in total. The summed E-state index contributed by atoms with van der Waals surface area (Å²) in [6, 6.07) is 13.8. The minimum atomic E-state index is -0.174. The van der Waals surface area contributed by atoms with Crippen molar-refractivity contribution in [2.24, 2.45) is 0 Å². The van der Waals surface area contributed by atoms with Crippen LogP contribution in [0.4, 0.5) is 0 Å². The van der Waals surface area contributed by atoms with Crippen LogP contribution in [0.1, 0.15) is 23.5 Å². The van der Waals surface area contributed by atoms with Gasteiger partial charge >= 0.3 is 5.97 Å². The van der Waals surface area contributed by atoms with E-state index in [4.69, 9.17) is 9.15 Å². The average molecular weight is 300 g/mol. The quantitative estimate of drug-likeness (QED) is 0.626. The Morgan fingerprint density at radius 2 is 2.10 bits per heavy atom. The van der Waals surface area contributed by atoms with Crippen molar-refractivity contribution in [3.63, 3.8) is 0 Å². The average Bonchev–Trinajstić information content (AvgIpc) is 3.13. The Morgan fingerprint density at radius 1 is 1.19 bits per heavy atom. The van der Waals surface area contributed by atoms with E-state index in [1.165, 1.54) is 4.88 Å². The molecular weight excluding hydrogens is 284 g/mol. The zero-order chi connectivity index (χ0) is 14.5. The van der Waals surface area contributed by atoms with Gasteiger partial charge in [-0.1, -0.05) is 24.3 Å². The summed E-state index contributed by atoms with van der Waals surface area (Å²) in [5, 5.41) is 3.08. The standard InChI is InChI=1S/C17H16O3S/c18-17(9-3-6-15-7-4-10-21-15)19-12-14-11-13-5-1-2-8-16(13)20-14/h1-2,4-5,7-8,10-11H,3,6,9,12H2. The van der Waals surface area contributed by atoms with Crippen LogP contribution in [0.15, 0.2) is 52.3 Å². The molecule has 1 aromatic carbocycles. The fourth-order valence-corrected chi connectivity index (χ4v) is 2.94. The van der Waals surface area contributed by atoms with Crippen molar-refractivity contribution >= 4 is 28.3 Å². The summed E-state index contributed by atoms with van der Waals surface area (Å²) in [6.07, 6.45) is 2.19. The summed E-state index contributed by atoms with van der Waals surface area (Å²) in [4.78, 5) is 13.0. The summed E-state index contributed by atoms with van der Waals surface area (Å²) in [5.74, 6) is 0.509. The van der Waals surface area contributed by atoms with E-state index in [0.29, 0.717) is 12.2 Å². The highest BCUT2D eigenvalue weighted by Gasteiger charge is 2.07. The predicted molar refractivity (Wildman–Crippen MR) is 83.3 cm³/mol. The summed E-state index contributed by atoms with van der Waals surface area (Å²) < 4.78 is 10.9. The predicted octanol–water partition coefficient (Wildman–Crippen LogP) is 4.56. The third-order valence-electron chi connectivity index (χ3n) is 3.24. The van der Waals surface area contributed by atoms with Crippen molar-refractivity contribution in [1.82, 2.24) is 0 Å². The molecule has 0 radical (unpaired) electrons. The Bertz CT molecular complexity index is 680. The smallest absolute Gasteiger partial charge is 0.306 e. The zero-order valence-corrected chi connectivity index (χ0v) is 12.4. The van der Waals surface area contributed by atoms with Crippen LogP contribution in [-0.2, 0) is 22.6 Å². The van der Waals surface area contributed by atoms with Crippen molar-refractivity contribution in [3.05, 3.63) is 58.5 Å². The number of carbonyl (C=O) groups is 1. The minimum absolute atomic E-state index is 0.174. The molecule has 0 N–H and O–H groups in total. The van der Waals surface area contributed by atoms with Gasteiger partial charge in [-0.15, -0.1) is 11.3 Å². The second-order valence-corrected chi connectivity index (χ2v) is 5.88. The number of aryl methyl sites for hydroxylation is 1. The van der Waals surface area contributed by atoms with Crippen molar-refractivity contribution in [1.29, 1.82) is 0 Å². The van der Waals surface area contributed by atoms with Crippen molar-refractivity contribution in [2.45, 2.75) is 25.9 Å². The van der Waals surface area contributed by atoms with Gasteiger partial charge in [-0.3, -0.25) is 4.79 Å². The lowest BCUT2D eigenvalue weighted by Gasteiger charge is -2.02. The molecule has 2 heterocycles. The highest BCUT2D eigenvalue weighted by molar-refractivity contribution is 7.09. The first-order chi connectivity index (χ1) is 10.3. The molecule has 0 aliphatic heterocycles. The van der Waals surface area contributed by atoms with Crippen LogP contribution in [0.3, 0.4) is 0 Å². The fourth-order valence-electron chi connectivity index (χ4n) is 2.19. The number of fused-ring (bicyclic) bond motifs is 1. The van der Waals surface area contributed by atoms with E-state index in [0.717, 1.165) is 23.8 Å². The number of furan rings is 1. The van der Waals surface area contributed by atoms with Gasteiger partial charge in [-0.2, -0.15) is 0 Å². The lowest BCUT2D eigenvalue weighted by Crippen LogP contribution is -2.04. The number of ether oxygens (including phenoxy) is 1. The number of rotatable bonds is 6. The third-order valence-corrected chi connectivity index (χ3v) is 4.17. The number of thiophene rings is 1. The molecule has 0 saturated carbocycles. The van der Waals surface area contributed by atoms with Crippen LogP contribution in [0.5, 0.6) is 0 Å². The first-order valence-electron chi connectivity index (χ1n) is 6.97. The second kappa shape index (κ2) is 6.59. The molecule has 0 aliphatic rings. The first-order valence-corrected chi connectivity index (χ1v) is 7.85. The van der Waals surface area contributed by atoms with Gasteiger partial charge in [0, 0.05) is 16.7 Å². The van der Waals surface area contributed by atoms with Gasteiger partial charge in [0.05, 0.1) is 0 Å². The SMILES string of the molecule is O=C(CCCc1cccs1)OCc1cc2ccccc2o1. The van der Waals surface area contributed by atoms with Gasteiger partial charge < -0.3 is 9.15 Å². The topological polar surface area (TPSA) is 39.4 Å². The highest BCUT2D eigenvalue weighted by Crippen LogP contribution is 2.19. The zero-order valence-electron chi connectivity index (χ0n) is 11.6. The maximum Gasteiger partial charge on any atom is 0.306 e. The molecule has 4 heteroatoms. The second-order valence-electron chi connectivity index (χ2n) is 4.84. The molecule has 0 atom stereocenters. The Labute approximate surface area is 127 Å². The Balaban J connectivity index is 1.44. The molecular formula is C17H16O3S. The van der Waals surface area contributed by atoms with E-state index in [9.17, 15) is 4.79 Å². The summed E-state index contributed by atoms with van der Waals surface area (Å²) >= 11 is 1.72. The number of carbonyl (C=O) groups excluding carboxylic acids is 1. The van der Waals surface area contributed by atoms with Gasteiger partial charge in [0.1, 0.15) is 18.0 Å². The molecule has 3 aromatic rings. The van der Waals surface area contributed by atoms with E-state index in [2.05, 4.69) is 11.4 Å². The number of hydrogen-bond donors (Lipinski definition) is 0. The summed E-state index contributed by atoms with van der Waals surface area (Å²) in [7, 11) is 0. The van der Waals surface area contributed by atoms with Crippen molar-refractivity contribution in [3.8, 4) is 0 Å². The minimum Gasteiger partial charge on any atom is -0.457 e. The fraction of sp³-hybridized carbons (Fsp3) is 0.235. The van der Waals surface area contributed by atoms with Crippen molar-refractivity contribution in [2.75, 3.05) is 0 Å². The molecule has 0 bridgehead atoms. The van der Waals surface area contributed by atoms with E-state index in [-0.39, 0.29) is 12.6 Å². The lowest BCUT2D eigenvalue weighted by molar-refractivity contribution is -0.145. The Hall–Kier alpha value is -2.07. The van der Waals surface area contributed by atoms with Gasteiger partial charge in [-0.05, 0) is 36.4 Å². The molecule has 0 spiro atoms. The molecule has 21 heavy (non-hydrogen) atoms. The van der Waals surface area contributed by atoms with Crippen LogP contribution in [0, 0.1) is 0 Å². The Kier molecular flexibility index (Phi) is 4.36. The van der Waals surface area contributed by atoms with Crippen LogP contribution >= 0.6 is 11.3 Å². The molecule has 0 amide bonds. The van der Waals surface area contributed by atoms with E-state index in [1.54, 1.807) is 11.3 Å². The molecule has 0 fully saturated rings. The molecule has 2 aromatic heterocycles. The van der Waals surface area contributed by atoms with Crippen molar-refractivity contribution < 1.29 is 13.9 Å². The van der Waals surface area contributed by atoms with E-state index < -0.39 is 0 Å². The van der Waals surface area contributed by atoms with Gasteiger partial charge in [0.2, 0.25) is 0 Å². The van der Waals surface area contributed by atoms with Gasteiger partial charge in [0.25, 0.3) is 0 Å². The molecule has 0 saturated heterocycles. The number of esters is 1. The highest BCUT2D eigenvalue weighted by atomic mass is 32.1. The lowest BCUT2D eigenvalue weighted by atomic mass is 10.2. The molecule has 0 aliphatic carbocycles. The summed E-state index contributed by atoms with van der Waals surface area (Å²) in [5.41, 5.74) is 0.821. The number of para-hydroxylation sites is 1. The molecule has 3 rings (SSSR count). The number of benzene rings is 1. The van der Waals surface area contributed by atoms with E-state index >= 15 is 0 Å². The maximum atomic E-state index is 11.7. The maximum absolute atomic E-state index is 11.7. The normalized spacial score (nSPS) is 10.9. The van der Waals surface area contributed by atoms with Gasteiger partial charge in [0.15, 0.2) is 0 Å². The monoisotopic (exact) mass is 300 g/mol. The number of hydrogen-bond acceptors (Lipinski definition) is 4. The van der Waals surface area contributed by atoms with Gasteiger partial charge in [-0.25, -0.2) is 0 Å².